The molecule has 0 aliphatic rings. The van der Waals surface area contributed by atoms with Gasteiger partial charge in [0.05, 0.1) is 11.9 Å². The van der Waals surface area contributed by atoms with Gasteiger partial charge in [-0.3, -0.25) is 0 Å². The third-order valence-corrected chi connectivity index (χ3v) is 3.40. The summed E-state index contributed by atoms with van der Waals surface area (Å²) >= 11 is 0. The molecule has 3 aromatic rings. The van der Waals surface area contributed by atoms with Gasteiger partial charge in [-0.2, -0.15) is 4.98 Å². The van der Waals surface area contributed by atoms with Gasteiger partial charge in [-0.25, -0.2) is 15.0 Å². The molecule has 0 N–H and O–H groups in total. The first-order valence-electron chi connectivity index (χ1n) is 7.65. The lowest BCUT2D eigenvalue weighted by atomic mass is 10.1. The van der Waals surface area contributed by atoms with Gasteiger partial charge in [0, 0.05) is 19.7 Å². The fraction of sp³-hybridized carbons (Fsp3) is 0.438. The lowest BCUT2D eigenvalue weighted by molar-refractivity contribution is 0.370. The maximum Gasteiger partial charge on any atom is 0.246 e. The Hall–Kier alpha value is -2.57. The van der Waals surface area contributed by atoms with E-state index in [1.54, 1.807) is 6.20 Å². The first-order chi connectivity index (χ1) is 11.0. The Balaban J connectivity index is 1.86. The molecular formula is C16H20N6O. The monoisotopic (exact) mass is 312 g/mol. The fourth-order valence-corrected chi connectivity index (χ4v) is 2.42. The topological polar surface area (TPSA) is 80.8 Å². The van der Waals surface area contributed by atoms with E-state index in [-0.39, 0.29) is 0 Å². The van der Waals surface area contributed by atoms with Gasteiger partial charge in [0.2, 0.25) is 5.89 Å². The number of anilines is 1. The van der Waals surface area contributed by atoms with Crippen molar-refractivity contribution in [3.05, 3.63) is 35.9 Å². The summed E-state index contributed by atoms with van der Waals surface area (Å²) in [5, 5.41) is 4.93. The van der Waals surface area contributed by atoms with Gasteiger partial charge in [0.1, 0.15) is 11.6 Å². The lowest BCUT2D eigenvalue weighted by Crippen LogP contribution is -2.19. The number of rotatable bonds is 5. The Morgan fingerprint density at radius 2 is 2.04 bits per heavy atom. The quantitative estimate of drug-likeness (QED) is 0.716. The smallest absolute Gasteiger partial charge is 0.246 e. The summed E-state index contributed by atoms with van der Waals surface area (Å²) in [5.41, 5.74) is 0.688. The summed E-state index contributed by atoms with van der Waals surface area (Å²) in [6.45, 7) is 6.61. The van der Waals surface area contributed by atoms with E-state index in [2.05, 4.69) is 38.9 Å². The first-order valence-corrected chi connectivity index (χ1v) is 7.65. The molecule has 0 saturated carbocycles. The van der Waals surface area contributed by atoms with Crippen molar-refractivity contribution in [3.8, 4) is 0 Å². The van der Waals surface area contributed by atoms with Crippen LogP contribution in [0.3, 0.4) is 0 Å². The highest BCUT2D eigenvalue weighted by atomic mass is 16.5. The van der Waals surface area contributed by atoms with Crippen LogP contribution in [0.25, 0.3) is 11.0 Å². The molecule has 3 rings (SSSR count). The largest absolute Gasteiger partial charge is 0.350 e. The van der Waals surface area contributed by atoms with Crippen LogP contribution in [0.15, 0.2) is 22.9 Å². The van der Waals surface area contributed by atoms with E-state index in [4.69, 9.17) is 4.52 Å². The first kappa shape index (κ1) is 15.3. The minimum Gasteiger partial charge on any atom is -0.350 e. The molecule has 0 amide bonds. The maximum atomic E-state index is 5.34. The number of pyridine rings is 1. The molecule has 3 aromatic heterocycles. The van der Waals surface area contributed by atoms with Gasteiger partial charge in [-0.1, -0.05) is 19.0 Å². The van der Waals surface area contributed by atoms with E-state index in [1.807, 2.05) is 31.0 Å². The molecule has 0 unspecified atom stereocenters. The minimum absolute atomic E-state index is 0.492. The molecule has 7 heteroatoms. The molecule has 0 atom stereocenters. The summed E-state index contributed by atoms with van der Waals surface area (Å²) in [5.74, 6) is 3.32. The van der Waals surface area contributed by atoms with E-state index in [0.717, 1.165) is 23.4 Å². The van der Waals surface area contributed by atoms with Gasteiger partial charge in [-0.15, -0.1) is 0 Å². The summed E-state index contributed by atoms with van der Waals surface area (Å²) in [4.78, 5) is 19.6. The second kappa shape index (κ2) is 6.28. The third-order valence-electron chi connectivity index (χ3n) is 3.40. The number of hydrogen-bond donors (Lipinski definition) is 0. The molecule has 7 nitrogen and oxygen atoms in total. The average molecular weight is 312 g/mol. The number of hydrogen-bond acceptors (Lipinski definition) is 7. The number of fused-ring (bicyclic) bond motifs is 1. The molecule has 0 aliphatic carbocycles. The highest BCUT2D eigenvalue weighted by molar-refractivity contribution is 5.86. The molecule has 0 radical (unpaired) electrons. The second-order valence-corrected chi connectivity index (χ2v) is 6.03. The van der Waals surface area contributed by atoms with Crippen molar-refractivity contribution in [2.75, 3.05) is 11.9 Å². The molecule has 3 heterocycles. The van der Waals surface area contributed by atoms with Gasteiger partial charge < -0.3 is 9.42 Å². The summed E-state index contributed by atoms with van der Waals surface area (Å²) in [6, 6.07) is 3.84. The van der Waals surface area contributed by atoms with Crippen molar-refractivity contribution >= 4 is 16.9 Å². The Labute approximate surface area is 134 Å². The van der Waals surface area contributed by atoms with Crippen LogP contribution in [0.4, 0.5) is 5.82 Å². The summed E-state index contributed by atoms with van der Waals surface area (Å²) in [6.07, 6.45) is 2.54. The standard InChI is InChI=1S/C16H20N6O/c1-10(2)8-13-20-14(23-21-13)9-22(4)16-12-6-5-7-17-15(12)18-11(3)19-16/h5-7,10H,8-9H2,1-4H3. The molecule has 0 spiro atoms. The minimum atomic E-state index is 0.492. The van der Waals surface area contributed by atoms with Crippen LogP contribution in [0.1, 0.15) is 31.4 Å². The van der Waals surface area contributed by atoms with Gasteiger partial charge in [0.25, 0.3) is 0 Å². The van der Waals surface area contributed by atoms with E-state index in [0.29, 0.717) is 29.8 Å². The highest BCUT2D eigenvalue weighted by Gasteiger charge is 2.15. The van der Waals surface area contributed by atoms with Gasteiger partial charge in [0.15, 0.2) is 11.5 Å². The molecule has 0 fully saturated rings. The Morgan fingerprint density at radius 3 is 2.83 bits per heavy atom. The average Bonchev–Trinajstić information content (AvgIpc) is 2.92. The number of nitrogens with zero attached hydrogens (tertiary/aromatic N) is 6. The van der Waals surface area contributed by atoms with Gasteiger partial charge in [-0.05, 0) is 25.0 Å². The van der Waals surface area contributed by atoms with Crippen LogP contribution < -0.4 is 4.90 Å². The zero-order chi connectivity index (χ0) is 16.4. The molecular weight excluding hydrogens is 292 g/mol. The van der Waals surface area contributed by atoms with E-state index < -0.39 is 0 Å². The Bertz CT molecular complexity index is 813. The molecule has 23 heavy (non-hydrogen) atoms. The van der Waals surface area contributed by atoms with E-state index >= 15 is 0 Å². The molecule has 0 aliphatic heterocycles. The van der Waals surface area contributed by atoms with Crippen molar-refractivity contribution in [2.24, 2.45) is 5.92 Å². The second-order valence-electron chi connectivity index (χ2n) is 6.03. The Morgan fingerprint density at radius 1 is 1.22 bits per heavy atom. The zero-order valence-corrected chi connectivity index (χ0v) is 13.8. The van der Waals surface area contributed by atoms with Crippen LogP contribution in [0.2, 0.25) is 0 Å². The molecule has 0 saturated heterocycles. The van der Waals surface area contributed by atoms with Crippen molar-refractivity contribution in [1.29, 1.82) is 0 Å². The number of aromatic nitrogens is 5. The highest BCUT2D eigenvalue weighted by Crippen LogP contribution is 2.22. The number of aryl methyl sites for hydroxylation is 1. The van der Waals surface area contributed by atoms with Crippen molar-refractivity contribution < 1.29 is 4.52 Å². The molecule has 0 aromatic carbocycles. The third kappa shape index (κ3) is 3.44. The molecule has 120 valence electrons. The SMILES string of the molecule is Cc1nc(N(C)Cc2nc(CC(C)C)no2)c2cccnc2n1. The van der Waals surface area contributed by atoms with Crippen LogP contribution in [-0.2, 0) is 13.0 Å². The van der Waals surface area contributed by atoms with Gasteiger partial charge >= 0.3 is 0 Å². The zero-order valence-electron chi connectivity index (χ0n) is 13.8. The van der Waals surface area contributed by atoms with Crippen molar-refractivity contribution in [2.45, 2.75) is 33.7 Å². The predicted molar refractivity (Wildman–Crippen MR) is 87.0 cm³/mol. The van der Waals surface area contributed by atoms with Crippen LogP contribution >= 0.6 is 0 Å². The normalized spacial score (nSPS) is 11.3. The van der Waals surface area contributed by atoms with Crippen LogP contribution in [-0.4, -0.2) is 32.1 Å². The van der Waals surface area contributed by atoms with Crippen LogP contribution in [0, 0.1) is 12.8 Å². The summed E-state index contributed by atoms with van der Waals surface area (Å²) in [7, 11) is 1.94. The Kier molecular flexibility index (Phi) is 4.18. The maximum absolute atomic E-state index is 5.34. The summed E-state index contributed by atoms with van der Waals surface area (Å²) < 4.78 is 5.34. The van der Waals surface area contributed by atoms with E-state index in [1.165, 1.54) is 0 Å². The lowest BCUT2D eigenvalue weighted by Gasteiger charge is -2.17. The fourth-order valence-electron chi connectivity index (χ4n) is 2.42. The van der Waals surface area contributed by atoms with Crippen molar-refractivity contribution in [3.63, 3.8) is 0 Å². The van der Waals surface area contributed by atoms with Crippen molar-refractivity contribution in [1.82, 2.24) is 25.1 Å². The molecule has 0 bridgehead atoms. The van der Waals surface area contributed by atoms with Crippen LogP contribution in [0.5, 0.6) is 0 Å². The predicted octanol–water partition coefficient (Wildman–Crippen LogP) is 2.55. The van der Waals surface area contributed by atoms with E-state index in [9.17, 15) is 0 Å².